The van der Waals surface area contributed by atoms with E-state index in [4.69, 9.17) is 20.6 Å². The Morgan fingerprint density at radius 2 is 1.72 bits per heavy atom. The Hall–Kier alpha value is -3.22. The van der Waals surface area contributed by atoms with E-state index in [1.807, 2.05) is 0 Å². The second kappa shape index (κ2) is 9.82. The van der Waals surface area contributed by atoms with Crippen LogP contribution in [0.4, 0.5) is 0 Å². The van der Waals surface area contributed by atoms with Crippen molar-refractivity contribution in [2.24, 2.45) is 0 Å². The van der Waals surface area contributed by atoms with E-state index in [0.29, 0.717) is 22.8 Å². The fourth-order valence-corrected chi connectivity index (χ4v) is 3.53. The lowest BCUT2D eigenvalue weighted by Crippen LogP contribution is -2.26. The van der Waals surface area contributed by atoms with E-state index in [0.717, 1.165) is 0 Å². The molecule has 2 N–H and O–H groups in total. The van der Waals surface area contributed by atoms with Gasteiger partial charge in [0.05, 0.1) is 32.8 Å². The zero-order valence-corrected chi connectivity index (χ0v) is 17.1. The number of terminal acetylenes is 1. The summed E-state index contributed by atoms with van der Waals surface area (Å²) in [5.74, 6) is 3.13. The van der Waals surface area contributed by atoms with Gasteiger partial charge in [0.2, 0.25) is 15.8 Å². The van der Waals surface area contributed by atoms with Gasteiger partial charge in [-0.15, -0.1) is 6.42 Å². The fourth-order valence-electron chi connectivity index (χ4n) is 2.55. The number of ether oxygens (including phenoxy) is 3. The van der Waals surface area contributed by atoms with Crippen LogP contribution in [0.15, 0.2) is 41.3 Å². The molecular weight excluding hydrogens is 396 g/mol. The van der Waals surface area contributed by atoms with Gasteiger partial charge in [0.25, 0.3) is 5.91 Å². The number of carbonyl (C=O) groups is 1. The molecule has 0 aliphatic rings. The van der Waals surface area contributed by atoms with Crippen LogP contribution in [0.2, 0.25) is 0 Å². The van der Waals surface area contributed by atoms with Crippen molar-refractivity contribution in [3.63, 3.8) is 0 Å². The van der Waals surface area contributed by atoms with Crippen LogP contribution in [-0.2, 0) is 16.6 Å². The van der Waals surface area contributed by atoms with E-state index in [2.05, 4.69) is 16.0 Å². The second-order valence-corrected chi connectivity index (χ2v) is 7.54. The van der Waals surface area contributed by atoms with Gasteiger partial charge in [0, 0.05) is 12.1 Å². The lowest BCUT2D eigenvalue weighted by atomic mass is 10.1. The van der Waals surface area contributed by atoms with Crippen molar-refractivity contribution >= 4 is 15.9 Å². The van der Waals surface area contributed by atoms with E-state index in [9.17, 15) is 13.2 Å². The number of hydrogen-bond donors (Lipinski definition) is 2. The van der Waals surface area contributed by atoms with Crippen molar-refractivity contribution in [1.29, 1.82) is 0 Å². The van der Waals surface area contributed by atoms with Crippen LogP contribution in [0.1, 0.15) is 15.9 Å². The topological polar surface area (TPSA) is 103 Å². The SMILES string of the molecule is C#CCNS(=O)(=O)c1cccc(C(=O)NCc2cc(OC)c(OC)c(OC)c2)c1. The lowest BCUT2D eigenvalue weighted by molar-refractivity contribution is 0.0950. The third-order valence-corrected chi connectivity index (χ3v) is 5.35. The first-order valence-electron chi connectivity index (χ1n) is 8.46. The molecular formula is C20H22N2O6S. The minimum atomic E-state index is -3.79. The summed E-state index contributed by atoms with van der Waals surface area (Å²) in [5.41, 5.74) is 0.910. The molecule has 154 valence electrons. The number of carbonyl (C=O) groups excluding carboxylic acids is 1. The van der Waals surface area contributed by atoms with E-state index < -0.39 is 15.9 Å². The minimum Gasteiger partial charge on any atom is -0.493 e. The number of amides is 1. The van der Waals surface area contributed by atoms with Gasteiger partial charge in [-0.1, -0.05) is 12.0 Å². The summed E-state index contributed by atoms with van der Waals surface area (Å²) in [6.45, 7) is 0.0295. The molecule has 0 radical (unpaired) electrons. The molecule has 0 saturated carbocycles. The number of hydrogen-bond acceptors (Lipinski definition) is 6. The van der Waals surface area contributed by atoms with Crippen LogP contribution >= 0.6 is 0 Å². The number of methoxy groups -OCH3 is 3. The Bertz CT molecular complexity index is 1000. The van der Waals surface area contributed by atoms with Gasteiger partial charge in [-0.25, -0.2) is 8.42 Å². The van der Waals surface area contributed by atoms with Gasteiger partial charge in [0.1, 0.15) is 0 Å². The molecule has 0 heterocycles. The fraction of sp³-hybridized carbons (Fsp3) is 0.250. The average Bonchev–Trinajstić information content (AvgIpc) is 2.75. The Kier molecular flexibility index (Phi) is 7.47. The van der Waals surface area contributed by atoms with Gasteiger partial charge in [0.15, 0.2) is 11.5 Å². The quantitative estimate of drug-likeness (QED) is 0.599. The van der Waals surface area contributed by atoms with Crippen LogP contribution < -0.4 is 24.2 Å². The Morgan fingerprint density at radius 3 is 2.28 bits per heavy atom. The van der Waals surface area contributed by atoms with Crippen molar-refractivity contribution in [1.82, 2.24) is 10.0 Å². The van der Waals surface area contributed by atoms with Crippen LogP contribution in [0, 0.1) is 12.3 Å². The molecule has 0 aliphatic carbocycles. The molecule has 0 atom stereocenters. The summed E-state index contributed by atoms with van der Waals surface area (Å²) >= 11 is 0. The van der Waals surface area contributed by atoms with Gasteiger partial charge >= 0.3 is 0 Å². The summed E-state index contributed by atoms with van der Waals surface area (Å²) in [6, 6.07) is 9.10. The third kappa shape index (κ3) is 5.40. The molecule has 8 nitrogen and oxygen atoms in total. The molecule has 0 aliphatic heterocycles. The predicted octanol–water partition coefficient (Wildman–Crippen LogP) is 1.55. The van der Waals surface area contributed by atoms with Crippen molar-refractivity contribution in [3.8, 4) is 29.6 Å². The maximum Gasteiger partial charge on any atom is 0.251 e. The average molecular weight is 418 g/mol. The molecule has 2 aromatic rings. The van der Waals surface area contributed by atoms with Crippen molar-refractivity contribution in [2.75, 3.05) is 27.9 Å². The molecule has 0 aromatic heterocycles. The minimum absolute atomic E-state index is 0.0480. The van der Waals surface area contributed by atoms with E-state index in [-0.39, 0.29) is 23.5 Å². The highest BCUT2D eigenvalue weighted by Gasteiger charge is 2.17. The first kappa shape index (κ1) is 22.1. The number of rotatable bonds is 9. The highest BCUT2D eigenvalue weighted by Crippen LogP contribution is 2.38. The molecule has 29 heavy (non-hydrogen) atoms. The van der Waals surface area contributed by atoms with E-state index >= 15 is 0 Å². The smallest absolute Gasteiger partial charge is 0.251 e. The summed E-state index contributed by atoms with van der Waals surface area (Å²) < 4.78 is 42.4. The molecule has 9 heteroatoms. The molecule has 2 aromatic carbocycles. The molecule has 0 saturated heterocycles. The third-order valence-electron chi connectivity index (χ3n) is 3.95. The maximum absolute atomic E-state index is 12.5. The molecule has 0 spiro atoms. The van der Waals surface area contributed by atoms with E-state index in [1.54, 1.807) is 12.1 Å². The van der Waals surface area contributed by atoms with Crippen LogP contribution in [0.25, 0.3) is 0 Å². The van der Waals surface area contributed by atoms with Gasteiger partial charge < -0.3 is 19.5 Å². The Balaban J connectivity index is 2.18. The molecule has 0 unspecified atom stereocenters. The Labute approximate surface area is 170 Å². The maximum atomic E-state index is 12.5. The number of sulfonamides is 1. The zero-order chi connectivity index (χ0) is 21.4. The normalized spacial score (nSPS) is 10.7. The van der Waals surface area contributed by atoms with Crippen LogP contribution in [0.3, 0.4) is 0 Å². The summed E-state index contributed by atoms with van der Waals surface area (Å²) in [6.07, 6.45) is 5.08. The highest BCUT2D eigenvalue weighted by molar-refractivity contribution is 7.89. The van der Waals surface area contributed by atoms with E-state index in [1.165, 1.54) is 45.6 Å². The van der Waals surface area contributed by atoms with Gasteiger partial charge in [-0.05, 0) is 35.9 Å². The first-order valence-corrected chi connectivity index (χ1v) is 9.94. The van der Waals surface area contributed by atoms with Crippen LogP contribution in [-0.4, -0.2) is 42.2 Å². The van der Waals surface area contributed by atoms with Gasteiger partial charge in [-0.2, -0.15) is 4.72 Å². The number of nitrogens with one attached hydrogen (secondary N) is 2. The molecule has 0 bridgehead atoms. The standard InChI is InChI=1S/C20H22N2O6S/c1-5-9-22-29(24,25)16-8-6-7-15(12-16)20(23)21-13-14-10-17(26-2)19(28-4)18(11-14)27-3/h1,6-8,10-12,22H,9,13H2,2-4H3,(H,21,23). The summed E-state index contributed by atoms with van der Waals surface area (Å²) in [4.78, 5) is 12.4. The lowest BCUT2D eigenvalue weighted by Gasteiger charge is -2.14. The first-order chi connectivity index (χ1) is 13.9. The summed E-state index contributed by atoms with van der Waals surface area (Å²) in [7, 11) is 0.710. The summed E-state index contributed by atoms with van der Waals surface area (Å²) in [5, 5.41) is 2.74. The van der Waals surface area contributed by atoms with Gasteiger partial charge in [-0.3, -0.25) is 4.79 Å². The van der Waals surface area contributed by atoms with Crippen LogP contribution in [0.5, 0.6) is 17.2 Å². The molecule has 0 fully saturated rings. The second-order valence-electron chi connectivity index (χ2n) is 5.77. The monoisotopic (exact) mass is 418 g/mol. The van der Waals surface area contributed by atoms with Crippen molar-refractivity contribution in [3.05, 3.63) is 47.5 Å². The highest BCUT2D eigenvalue weighted by atomic mass is 32.2. The van der Waals surface area contributed by atoms with Crippen molar-refractivity contribution < 1.29 is 27.4 Å². The molecule has 2 rings (SSSR count). The Morgan fingerprint density at radius 1 is 1.07 bits per heavy atom. The predicted molar refractivity (Wildman–Crippen MR) is 108 cm³/mol. The zero-order valence-electron chi connectivity index (χ0n) is 16.3. The number of benzene rings is 2. The molecule has 1 amide bonds. The van der Waals surface area contributed by atoms with Crippen molar-refractivity contribution in [2.45, 2.75) is 11.4 Å². The largest absolute Gasteiger partial charge is 0.493 e.